The summed E-state index contributed by atoms with van der Waals surface area (Å²) in [6, 6.07) is 13.3. The van der Waals surface area contributed by atoms with Gasteiger partial charge in [0.1, 0.15) is 5.75 Å². The maximum absolute atomic E-state index is 10.5. The molecule has 0 aliphatic carbocycles. The highest BCUT2D eigenvalue weighted by atomic mass is 16.5. The van der Waals surface area contributed by atoms with Crippen molar-refractivity contribution in [1.82, 2.24) is 0 Å². The molecular formula is C13H12BNO4. The van der Waals surface area contributed by atoms with Crippen molar-refractivity contribution in [2.75, 3.05) is 5.32 Å². The molecule has 3 N–H and O–H groups in total. The maximum Gasteiger partial charge on any atom is 0.488 e. The van der Waals surface area contributed by atoms with Crippen molar-refractivity contribution in [3.8, 4) is 11.5 Å². The fourth-order valence-electron chi connectivity index (χ4n) is 1.57. The standard InChI is InChI=1S/C13H12BNO4/c16-9-15-12-3-1-2-4-13(12)19-11-7-5-10(6-8-11)14(17)18/h1-9,17-18H,(H,15,16). The minimum atomic E-state index is -1.50. The maximum atomic E-state index is 10.5. The predicted octanol–water partition coefficient (Wildman–Crippen LogP) is 0.727. The molecular weight excluding hydrogens is 245 g/mol. The first-order valence-electron chi connectivity index (χ1n) is 5.64. The quantitative estimate of drug-likeness (QED) is 0.545. The van der Waals surface area contributed by atoms with Gasteiger partial charge in [-0.25, -0.2) is 0 Å². The number of rotatable bonds is 5. The van der Waals surface area contributed by atoms with Crippen LogP contribution in [0.1, 0.15) is 0 Å². The Morgan fingerprint density at radius 1 is 1.05 bits per heavy atom. The van der Waals surface area contributed by atoms with E-state index in [1.165, 1.54) is 0 Å². The smallest absolute Gasteiger partial charge is 0.455 e. The molecule has 2 aromatic rings. The highest BCUT2D eigenvalue weighted by molar-refractivity contribution is 6.58. The Balaban J connectivity index is 2.18. The summed E-state index contributed by atoms with van der Waals surface area (Å²) in [6.45, 7) is 0. The Morgan fingerprint density at radius 2 is 1.74 bits per heavy atom. The van der Waals surface area contributed by atoms with E-state index in [9.17, 15) is 4.79 Å². The Kier molecular flexibility index (Phi) is 4.17. The fraction of sp³-hybridized carbons (Fsp3) is 0. The molecule has 0 spiro atoms. The molecule has 0 heterocycles. The summed E-state index contributed by atoms with van der Waals surface area (Å²) < 4.78 is 5.61. The van der Waals surface area contributed by atoms with Crippen LogP contribution in [-0.2, 0) is 4.79 Å². The summed E-state index contributed by atoms with van der Waals surface area (Å²) in [5.41, 5.74) is 0.940. The number of nitrogens with one attached hydrogen (secondary N) is 1. The third-order valence-corrected chi connectivity index (χ3v) is 2.51. The largest absolute Gasteiger partial charge is 0.488 e. The zero-order valence-electron chi connectivity index (χ0n) is 9.98. The van der Waals surface area contributed by atoms with Crippen molar-refractivity contribution >= 4 is 24.7 Å². The van der Waals surface area contributed by atoms with Crippen LogP contribution in [0, 0.1) is 0 Å². The van der Waals surface area contributed by atoms with Crippen molar-refractivity contribution in [1.29, 1.82) is 0 Å². The zero-order chi connectivity index (χ0) is 13.7. The second-order valence-corrected chi connectivity index (χ2v) is 3.80. The average molecular weight is 257 g/mol. The molecule has 1 amide bonds. The number of carbonyl (C=O) groups excluding carboxylic acids is 1. The topological polar surface area (TPSA) is 78.8 Å². The lowest BCUT2D eigenvalue weighted by molar-refractivity contribution is -0.105. The van der Waals surface area contributed by atoms with Gasteiger partial charge in [0.25, 0.3) is 0 Å². The molecule has 0 atom stereocenters. The van der Waals surface area contributed by atoms with Crippen molar-refractivity contribution in [2.45, 2.75) is 0 Å². The van der Waals surface area contributed by atoms with Gasteiger partial charge >= 0.3 is 7.12 Å². The summed E-state index contributed by atoms with van der Waals surface area (Å²) in [6.07, 6.45) is 0.577. The SMILES string of the molecule is O=CNc1ccccc1Oc1ccc(B(O)O)cc1. The van der Waals surface area contributed by atoms with E-state index >= 15 is 0 Å². The van der Waals surface area contributed by atoms with Gasteiger partial charge in [-0.1, -0.05) is 24.3 Å². The second kappa shape index (κ2) is 6.04. The number of amides is 1. The number of hydrogen-bond acceptors (Lipinski definition) is 4. The Hall–Kier alpha value is -2.31. The Morgan fingerprint density at radius 3 is 2.37 bits per heavy atom. The van der Waals surface area contributed by atoms with Crippen LogP contribution in [-0.4, -0.2) is 23.6 Å². The number of hydrogen-bond donors (Lipinski definition) is 3. The molecule has 0 saturated heterocycles. The highest BCUT2D eigenvalue weighted by Crippen LogP contribution is 2.28. The lowest BCUT2D eigenvalue weighted by atomic mass is 9.80. The van der Waals surface area contributed by atoms with E-state index in [0.717, 1.165) is 0 Å². The monoisotopic (exact) mass is 257 g/mol. The van der Waals surface area contributed by atoms with Crippen LogP contribution >= 0.6 is 0 Å². The summed E-state index contributed by atoms with van der Waals surface area (Å²) in [5, 5.41) is 20.5. The van der Waals surface area contributed by atoms with Crippen molar-refractivity contribution in [3.63, 3.8) is 0 Å². The zero-order valence-corrected chi connectivity index (χ0v) is 9.98. The number of ether oxygens (including phenoxy) is 1. The van der Waals surface area contributed by atoms with Gasteiger partial charge in [0.2, 0.25) is 6.41 Å². The molecule has 0 aliphatic heterocycles. The van der Waals surface area contributed by atoms with Crippen molar-refractivity contribution in [3.05, 3.63) is 48.5 Å². The lowest BCUT2D eigenvalue weighted by Gasteiger charge is -2.10. The first-order chi connectivity index (χ1) is 9.20. The molecule has 5 nitrogen and oxygen atoms in total. The van der Waals surface area contributed by atoms with E-state index in [2.05, 4.69) is 5.32 Å². The molecule has 0 fully saturated rings. The average Bonchev–Trinajstić information content (AvgIpc) is 2.42. The van der Waals surface area contributed by atoms with E-state index in [1.54, 1.807) is 48.5 Å². The first kappa shape index (κ1) is 13.1. The van der Waals surface area contributed by atoms with E-state index in [4.69, 9.17) is 14.8 Å². The lowest BCUT2D eigenvalue weighted by Crippen LogP contribution is -2.29. The van der Waals surface area contributed by atoms with E-state index in [-0.39, 0.29) is 0 Å². The minimum Gasteiger partial charge on any atom is -0.455 e. The number of para-hydroxylation sites is 2. The second-order valence-electron chi connectivity index (χ2n) is 3.80. The van der Waals surface area contributed by atoms with Crippen LogP contribution in [0.4, 0.5) is 5.69 Å². The van der Waals surface area contributed by atoms with Gasteiger partial charge in [-0.05, 0) is 29.7 Å². The van der Waals surface area contributed by atoms with Crippen LogP contribution in [0.3, 0.4) is 0 Å². The van der Waals surface area contributed by atoms with Gasteiger partial charge in [-0.15, -0.1) is 0 Å². The number of carbonyl (C=O) groups is 1. The van der Waals surface area contributed by atoms with Crippen LogP contribution < -0.4 is 15.5 Å². The molecule has 0 aromatic heterocycles. The highest BCUT2D eigenvalue weighted by Gasteiger charge is 2.10. The third kappa shape index (κ3) is 3.34. The van der Waals surface area contributed by atoms with Gasteiger partial charge in [0.15, 0.2) is 5.75 Å². The number of benzene rings is 2. The van der Waals surface area contributed by atoms with Crippen molar-refractivity contribution in [2.24, 2.45) is 0 Å². The van der Waals surface area contributed by atoms with Gasteiger partial charge in [-0.3, -0.25) is 4.79 Å². The van der Waals surface area contributed by atoms with Crippen LogP contribution in [0.2, 0.25) is 0 Å². The van der Waals surface area contributed by atoms with E-state index in [0.29, 0.717) is 29.1 Å². The van der Waals surface area contributed by atoms with E-state index < -0.39 is 7.12 Å². The molecule has 2 rings (SSSR count). The molecule has 96 valence electrons. The Bertz CT molecular complexity index is 557. The minimum absolute atomic E-state index is 0.381. The molecule has 0 radical (unpaired) electrons. The van der Waals surface area contributed by atoms with Crippen LogP contribution in [0.25, 0.3) is 0 Å². The van der Waals surface area contributed by atoms with Crippen LogP contribution in [0.5, 0.6) is 11.5 Å². The normalized spacial score (nSPS) is 9.79. The molecule has 0 aliphatic rings. The van der Waals surface area contributed by atoms with Crippen molar-refractivity contribution < 1.29 is 19.6 Å². The van der Waals surface area contributed by atoms with Gasteiger partial charge < -0.3 is 20.1 Å². The molecule has 0 unspecified atom stereocenters. The molecule has 2 aromatic carbocycles. The van der Waals surface area contributed by atoms with E-state index in [1.807, 2.05) is 0 Å². The summed E-state index contributed by atoms with van der Waals surface area (Å²) in [5.74, 6) is 1.04. The first-order valence-corrected chi connectivity index (χ1v) is 5.64. The molecule has 6 heteroatoms. The van der Waals surface area contributed by atoms with Gasteiger partial charge in [0.05, 0.1) is 5.69 Å². The predicted molar refractivity (Wildman–Crippen MR) is 72.5 cm³/mol. The third-order valence-electron chi connectivity index (χ3n) is 2.51. The molecule has 0 saturated carbocycles. The summed E-state index contributed by atoms with van der Waals surface area (Å²) in [4.78, 5) is 10.5. The molecule has 0 bridgehead atoms. The fourth-order valence-corrected chi connectivity index (χ4v) is 1.57. The Labute approximate surface area is 110 Å². The summed E-state index contributed by atoms with van der Waals surface area (Å²) >= 11 is 0. The van der Waals surface area contributed by atoms with Gasteiger partial charge in [-0.2, -0.15) is 0 Å². The molecule has 19 heavy (non-hydrogen) atoms. The number of anilines is 1. The van der Waals surface area contributed by atoms with Gasteiger partial charge in [0, 0.05) is 0 Å². The van der Waals surface area contributed by atoms with Crippen LogP contribution in [0.15, 0.2) is 48.5 Å². The summed E-state index contributed by atoms with van der Waals surface area (Å²) in [7, 11) is -1.50.